The van der Waals surface area contributed by atoms with E-state index < -0.39 is 74.7 Å². The second-order valence-corrected chi connectivity index (χ2v) is 19.4. The van der Waals surface area contributed by atoms with Crippen molar-refractivity contribution in [1.29, 1.82) is 0 Å². The van der Waals surface area contributed by atoms with Crippen molar-refractivity contribution in [2.75, 3.05) is 39.8 Å². The number of carbonyl (C=O) groups is 5. The Hall–Kier alpha value is -3.04. The lowest BCUT2D eigenvalue weighted by Gasteiger charge is -2.40. The van der Waals surface area contributed by atoms with Gasteiger partial charge in [0.1, 0.15) is 12.1 Å². The number of nitrogens with zero attached hydrogens (tertiary/aromatic N) is 3. The first-order chi connectivity index (χ1) is 23.0. The predicted octanol–water partition coefficient (Wildman–Crippen LogP) is 1.64. The van der Waals surface area contributed by atoms with E-state index in [0.29, 0.717) is 32.5 Å². The molecule has 4 aliphatic rings. The maximum absolute atomic E-state index is 14.4. The van der Waals surface area contributed by atoms with Gasteiger partial charge < -0.3 is 26.2 Å². The summed E-state index contributed by atoms with van der Waals surface area (Å²) in [5, 5.41) is 11.2. The Morgan fingerprint density at radius 1 is 0.960 bits per heavy atom. The molecule has 0 radical (unpaired) electrons. The first kappa shape index (κ1) is 39.7. The monoisotopic (exact) mass is 721 g/mol. The normalized spacial score (nSPS) is 26.5. The van der Waals surface area contributed by atoms with Gasteiger partial charge in [-0.05, 0) is 46.8 Å². The van der Waals surface area contributed by atoms with Gasteiger partial charge in [-0.3, -0.25) is 19.2 Å². The number of ketones is 1. The van der Waals surface area contributed by atoms with E-state index in [1.807, 2.05) is 41.5 Å². The van der Waals surface area contributed by atoms with Gasteiger partial charge in [-0.2, -0.15) is 17.0 Å². The zero-order chi connectivity index (χ0) is 37.6. The zero-order valence-corrected chi connectivity index (χ0v) is 32.1. The molecule has 2 heterocycles. The molecule has 14 nitrogen and oxygen atoms in total. The molecule has 2 aliphatic carbocycles. The summed E-state index contributed by atoms with van der Waals surface area (Å²) in [4.78, 5) is 69.5. The quantitative estimate of drug-likeness (QED) is 0.165. The molecule has 4 fully saturated rings. The van der Waals surface area contributed by atoms with Crippen LogP contribution >= 0.6 is 0 Å². The van der Waals surface area contributed by atoms with Gasteiger partial charge in [-0.25, -0.2) is 4.79 Å². The molecule has 50 heavy (non-hydrogen) atoms. The van der Waals surface area contributed by atoms with Crippen LogP contribution in [0.15, 0.2) is 12.7 Å². The Labute approximate surface area is 298 Å². The summed E-state index contributed by atoms with van der Waals surface area (Å²) in [6.45, 7) is 20.2. The van der Waals surface area contributed by atoms with Crippen LogP contribution in [-0.2, 0) is 29.4 Å². The second kappa shape index (κ2) is 14.5. The maximum Gasteiger partial charge on any atom is 0.315 e. The number of hydrogen-bond donors (Lipinski definition) is 4. The summed E-state index contributed by atoms with van der Waals surface area (Å²) in [7, 11) is -2.13. The summed E-state index contributed by atoms with van der Waals surface area (Å²) in [6.07, 6.45) is 4.32. The minimum Gasteiger partial charge on any atom is -0.346 e. The molecule has 15 heteroatoms. The third-order valence-electron chi connectivity index (χ3n) is 11.0. The molecular formula is C35H59N7O7S. The van der Waals surface area contributed by atoms with Crippen molar-refractivity contribution in [3.63, 3.8) is 0 Å². The van der Waals surface area contributed by atoms with E-state index in [1.54, 1.807) is 0 Å². The number of hydrogen-bond acceptors (Lipinski definition) is 7. The maximum atomic E-state index is 14.4. The molecular weight excluding hydrogens is 662 g/mol. The first-order valence-electron chi connectivity index (χ1n) is 17.8. The molecule has 0 bridgehead atoms. The Morgan fingerprint density at radius 3 is 2.16 bits per heavy atom. The molecule has 2 saturated carbocycles. The summed E-state index contributed by atoms with van der Waals surface area (Å²) in [5.74, 6) is -2.27. The molecule has 2 aliphatic heterocycles. The molecule has 6 atom stereocenters. The van der Waals surface area contributed by atoms with E-state index in [0.717, 1.165) is 12.8 Å². The summed E-state index contributed by atoms with van der Waals surface area (Å²) in [5.41, 5.74) is -1.49. The smallest absolute Gasteiger partial charge is 0.315 e. The van der Waals surface area contributed by atoms with E-state index in [-0.39, 0.29) is 36.3 Å². The molecule has 282 valence electrons. The lowest BCUT2D eigenvalue weighted by atomic mass is 9.85. The fourth-order valence-corrected chi connectivity index (χ4v) is 8.82. The number of nitrogens with one attached hydrogen (secondary N) is 4. The van der Waals surface area contributed by atoms with Crippen LogP contribution in [0.2, 0.25) is 0 Å². The highest BCUT2D eigenvalue weighted by molar-refractivity contribution is 7.86. The minimum atomic E-state index is -3.67. The topological polar surface area (TPSA) is 177 Å². The van der Waals surface area contributed by atoms with Crippen LogP contribution in [-0.4, -0.2) is 115 Å². The van der Waals surface area contributed by atoms with Crippen molar-refractivity contribution in [3.8, 4) is 0 Å². The van der Waals surface area contributed by atoms with Gasteiger partial charge in [0.2, 0.25) is 17.6 Å². The largest absolute Gasteiger partial charge is 0.346 e. The van der Waals surface area contributed by atoms with Crippen molar-refractivity contribution in [2.24, 2.45) is 34.0 Å². The molecule has 0 aromatic carbocycles. The highest BCUT2D eigenvalue weighted by Gasteiger charge is 2.70. The number of urea groups is 1. The third kappa shape index (κ3) is 8.70. The van der Waals surface area contributed by atoms with Crippen molar-refractivity contribution in [3.05, 3.63) is 12.7 Å². The fourth-order valence-electron chi connectivity index (χ4n) is 7.37. The van der Waals surface area contributed by atoms with Gasteiger partial charge in [0.05, 0.1) is 6.04 Å². The molecule has 0 spiro atoms. The van der Waals surface area contributed by atoms with E-state index in [9.17, 15) is 32.4 Å². The number of likely N-dealkylation sites (tertiary alicyclic amines) is 1. The average Bonchev–Trinajstić information content (AvgIpc) is 3.86. The van der Waals surface area contributed by atoms with Crippen LogP contribution in [0.25, 0.3) is 0 Å². The molecule has 5 amide bonds. The van der Waals surface area contributed by atoms with E-state index in [1.165, 1.54) is 26.6 Å². The number of fused-ring (bicyclic) bond motifs is 1. The summed E-state index contributed by atoms with van der Waals surface area (Å²) >= 11 is 0. The first-order valence-corrected chi connectivity index (χ1v) is 19.2. The summed E-state index contributed by atoms with van der Waals surface area (Å²) in [6, 6.07) is -4.13. The molecule has 4 N–H and O–H groups in total. The highest BCUT2D eigenvalue weighted by atomic mass is 32.2. The SMILES string of the molecule is C=CCNC(=O)C(=O)C(CC1CC1)NC(=O)[C@@H]1[C@@H]2[C@H](CN1C(=O)[C@@H](NC(=O)N[C@H](CN1CCCN(C)S1(=O)=O)C(C)(C)C)C(C)(C)C)C2(C)C. The van der Waals surface area contributed by atoms with Crippen molar-refractivity contribution >= 4 is 39.7 Å². The predicted molar refractivity (Wildman–Crippen MR) is 190 cm³/mol. The number of amides is 5. The molecule has 1 unspecified atom stereocenters. The van der Waals surface area contributed by atoms with Crippen LogP contribution in [0.4, 0.5) is 4.79 Å². The summed E-state index contributed by atoms with van der Waals surface area (Å²) < 4.78 is 28.7. The van der Waals surface area contributed by atoms with Crippen molar-refractivity contribution in [1.82, 2.24) is 34.8 Å². The van der Waals surface area contributed by atoms with Gasteiger partial charge in [0.25, 0.3) is 16.1 Å². The van der Waals surface area contributed by atoms with Gasteiger partial charge in [0.15, 0.2) is 0 Å². The van der Waals surface area contributed by atoms with Crippen molar-refractivity contribution < 1.29 is 32.4 Å². The number of Topliss-reactive ketones (excluding diaryl/α,β-unsaturated/α-hetero) is 1. The van der Waals surface area contributed by atoms with E-state index >= 15 is 0 Å². The molecule has 0 aromatic heterocycles. The molecule has 0 aromatic rings. The minimum absolute atomic E-state index is 0.0556. The Bertz CT molecular complexity index is 1460. The second-order valence-electron chi connectivity index (χ2n) is 17.4. The van der Waals surface area contributed by atoms with Crippen molar-refractivity contribution in [2.45, 2.75) is 105 Å². The molecule has 2 saturated heterocycles. The number of carbonyl (C=O) groups excluding carboxylic acids is 5. The standard InChI is InChI=1S/C35H59N7O7S/c1-11-15-36-30(45)27(43)23(18-21-13-14-21)37-29(44)26-25-22(35(25,8)9)19-42(26)31(46)28(34(5,6)7)39-32(47)38-24(33(2,3)4)20-41-17-12-16-40(10)50(41,48)49/h11,21-26,28H,1,12-20H2,2-10H3,(H,36,45)(H,37,44)(H2,38,39,47)/t22-,23?,24+,25-,26-,28+/m0/s1. The Kier molecular flexibility index (Phi) is 11.5. The van der Waals surface area contributed by atoms with Crippen LogP contribution in [0.3, 0.4) is 0 Å². The van der Waals surface area contributed by atoms with E-state index in [4.69, 9.17) is 0 Å². The van der Waals surface area contributed by atoms with Gasteiger partial charge in [-0.15, -0.1) is 6.58 Å². The molecule has 4 rings (SSSR count). The third-order valence-corrected chi connectivity index (χ3v) is 13.0. The van der Waals surface area contributed by atoms with Crippen LogP contribution in [0, 0.1) is 34.0 Å². The fraction of sp³-hybridized carbons (Fsp3) is 0.800. The van der Waals surface area contributed by atoms with Gasteiger partial charge in [0, 0.05) is 45.8 Å². The Balaban J connectivity index is 1.52. The van der Waals surface area contributed by atoms with E-state index in [2.05, 4.69) is 41.7 Å². The van der Waals surface area contributed by atoms with Crippen LogP contribution in [0.1, 0.15) is 81.1 Å². The number of piperidine rings is 1. The van der Waals surface area contributed by atoms with Crippen LogP contribution in [0.5, 0.6) is 0 Å². The number of rotatable bonds is 13. The zero-order valence-electron chi connectivity index (χ0n) is 31.3. The lowest BCUT2D eigenvalue weighted by molar-refractivity contribution is -0.145. The van der Waals surface area contributed by atoms with Gasteiger partial charge in [-0.1, -0.05) is 74.3 Å². The average molecular weight is 722 g/mol. The lowest BCUT2D eigenvalue weighted by Crippen LogP contribution is -2.63. The van der Waals surface area contributed by atoms with Crippen LogP contribution < -0.4 is 21.3 Å². The van der Waals surface area contributed by atoms with Gasteiger partial charge >= 0.3 is 6.03 Å². The highest BCUT2D eigenvalue weighted by Crippen LogP contribution is 2.65. The Morgan fingerprint density at radius 2 is 1.60 bits per heavy atom.